The molecule has 2 aromatic rings. The van der Waals surface area contributed by atoms with E-state index in [0.29, 0.717) is 6.04 Å². The summed E-state index contributed by atoms with van der Waals surface area (Å²) >= 11 is 3.37. The van der Waals surface area contributed by atoms with Crippen LogP contribution in [-0.2, 0) is 11.3 Å². The second-order valence-electron chi connectivity index (χ2n) is 6.77. The average Bonchev–Trinajstić information content (AvgIpc) is 3.08. The van der Waals surface area contributed by atoms with Crippen LogP contribution in [0.3, 0.4) is 0 Å². The van der Waals surface area contributed by atoms with Gasteiger partial charge in [0.05, 0.1) is 19.8 Å². The van der Waals surface area contributed by atoms with Crippen LogP contribution in [0.1, 0.15) is 18.6 Å². The lowest BCUT2D eigenvalue weighted by Gasteiger charge is -2.33. The molecule has 2 aliphatic rings. The maximum absolute atomic E-state index is 5.64. The van der Waals surface area contributed by atoms with E-state index in [9.17, 15) is 0 Å². The summed E-state index contributed by atoms with van der Waals surface area (Å²) in [4.78, 5) is 13.7. The van der Waals surface area contributed by atoms with Gasteiger partial charge in [-0.1, -0.05) is 0 Å². The topological polar surface area (TPSA) is 66.7 Å². The molecule has 26 heavy (non-hydrogen) atoms. The van der Waals surface area contributed by atoms with Gasteiger partial charge in [-0.3, -0.25) is 4.90 Å². The standard InChI is InChI=1S/C18H24BrN5O2/c19-16-4-3-15(26-16)13-23-7-1-2-14(12-23)21-17-5-6-20-18(22-17)24-8-10-25-11-9-24/h3-6,14H,1-2,7-13H2,(H,20,21,22). The van der Waals surface area contributed by atoms with Crippen LogP contribution in [0.5, 0.6) is 0 Å². The minimum atomic E-state index is 0.384. The van der Waals surface area contributed by atoms with Gasteiger partial charge in [-0.15, -0.1) is 0 Å². The summed E-state index contributed by atoms with van der Waals surface area (Å²) in [5, 5.41) is 3.59. The summed E-state index contributed by atoms with van der Waals surface area (Å²) in [7, 11) is 0. The molecule has 0 amide bonds. The molecule has 0 aliphatic carbocycles. The van der Waals surface area contributed by atoms with Crippen LogP contribution in [0, 0.1) is 0 Å². The number of piperidine rings is 1. The molecule has 4 rings (SSSR count). The number of morpholine rings is 1. The predicted molar refractivity (Wildman–Crippen MR) is 103 cm³/mol. The Labute approximate surface area is 161 Å². The van der Waals surface area contributed by atoms with Crippen molar-refractivity contribution in [3.63, 3.8) is 0 Å². The Morgan fingerprint density at radius 3 is 2.88 bits per heavy atom. The molecule has 0 aromatic carbocycles. The molecule has 0 saturated carbocycles. The zero-order chi connectivity index (χ0) is 17.8. The molecule has 2 saturated heterocycles. The molecule has 2 fully saturated rings. The molecule has 1 unspecified atom stereocenters. The molecule has 2 aliphatic heterocycles. The highest BCUT2D eigenvalue weighted by Crippen LogP contribution is 2.20. The van der Waals surface area contributed by atoms with Gasteiger partial charge >= 0.3 is 0 Å². The zero-order valence-corrected chi connectivity index (χ0v) is 16.3. The predicted octanol–water partition coefficient (Wildman–Crippen LogP) is 2.75. The molecule has 7 nitrogen and oxygen atoms in total. The number of likely N-dealkylation sites (tertiary alicyclic amines) is 1. The van der Waals surface area contributed by atoms with E-state index in [1.165, 1.54) is 6.42 Å². The number of rotatable bonds is 5. The van der Waals surface area contributed by atoms with Crippen molar-refractivity contribution in [1.29, 1.82) is 0 Å². The highest BCUT2D eigenvalue weighted by molar-refractivity contribution is 9.10. The first-order valence-corrected chi connectivity index (χ1v) is 9.94. The van der Waals surface area contributed by atoms with Gasteiger partial charge in [0.25, 0.3) is 0 Å². The summed E-state index contributed by atoms with van der Waals surface area (Å²) < 4.78 is 11.8. The van der Waals surface area contributed by atoms with Crippen LogP contribution < -0.4 is 10.2 Å². The van der Waals surface area contributed by atoms with Gasteiger partial charge in [-0.05, 0) is 53.5 Å². The van der Waals surface area contributed by atoms with Gasteiger partial charge in [-0.2, -0.15) is 4.98 Å². The zero-order valence-electron chi connectivity index (χ0n) is 14.7. The van der Waals surface area contributed by atoms with Crippen LogP contribution in [-0.4, -0.2) is 60.3 Å². The largest absolute Gasteiger partial charge is 0.453 e. The van der Waals surface area contributed by atoms with Crippen LogP contribution in [0.2, 0.25) is 0 Å². The Hall–Kier alpha value is -1.64. The molecule has 1 atom stereocenters. The first kappa shape index (κ1) is 17.8. The van der Waals surface area contributed by atoms with E-state index in [2.05, 4.69) is 36.0 Å². The summed E-state index contributed by atoms with van der Waals surface area (Å²) in [6.45, 7) is 6.09. The van der Waals surface area contributed by atoms with Gasteiger partial charge in [0.2, 0.25) is 5.95 Å². The fourth-order valence-electron chi connectivity index (χ4n) is 3.53. The van der Waals surface area contributed by atoms with E-state index < -0.39 is 0 Å². The number of halogens is 1. The van der Waals surface area contributed by atoms with Crippen molar-refractivity contribution in [2.45, 2.75) is 25.4 Å². The second-order valence-corrected chi connectivity index (χ2v) is 7.55. The number of anilines is 2. The molecule has 0 radical (unpaired) electrons. The Bertz CT molecular complexity index is 719. The molecule has 0 spiro atoms. The second kappa shape index (κ2) is 8.37. The Morgan fingerprint density at radius 2 is 2.08 bits per heavy atom. The number of hydrogen-bond donors (Lipinski definition) is 1. The third kappa shape index (κ3) is 4.55. The molecule has 0 bridgehead atoms. The number of aromatic nitrogens is 2. The van der Waals surface area contributed by atoms with E-state index >= 15 is 0 Å². The van der Waals surface area contributed by atoms with Crippen LogP contribution in [0.15, 0.2) is 33.5 Å². The smallest absolute Gasteiger partial charge is 0.227 e. The molecule has 4 heterocycles. The van der Waals surface area contributed by atoms with Crippen molar-refractivity contribution in [3.05, 3.63) is 34.8 Å². The van der Waals surface area contributed by atoms with Crippen molar-refractivity contribution in [2.24, 2.45) is 0 Å². The third-order valence-corrected chi connectivity index (χ3v) is 5.23. The molecule has 140 valence electrons. The molecule has 1 N–H and O–H groups in total. The van der Waals surface area contributed by atoms with Crippen molar-refractivity contribution < 1.29 is 9.15 Å². The van der Waals surface area contributed by atoms with Crippen LogP contribution >= 0.6 is 15.9 Å². The highest BCUT2D eigenvalue weighted by Gasteiger charge is 2.22. The number of nitrogens with zero attached hydrogens (tertiary/aromatic N) is 4. The Kier molecular flexibility index (Phi) is 5.72. The molecular weight excluding hydrogens is 398 g/mol. The number of hydrogen-bond acceptors (Lipinski definition) is 7. The van der Waals surface area contributed by atoms with Crippen LogP contribution in [0.4, 0.5) is 11.8 Å². The fourth-order valence-corrected chi connectivity index (χ4v) is 3.87. The van der Waals surface area contributed by atoms with Gasteiger partial charge in [0.1, 0.15) is 11.6 Å². The highest BCUT2D eigenvalue weighted by atomic mass is 79.9. The van der Waals surface area contributed by atoms with Crippen molar-refractivity contribution in [3.8, 4) is 0 Å². The third-order valence-electron chi connectivity index (χ3n) is 4.80. The fraction of sp³-hybridized carbons (Fsp3) is 0.556. The van der Waals surface area contributed by atoms with E-state index in [1.807, 2.05) is 24.4 Å². The molecule has 8 heteroatoms. The van der Waals surface area contributed by atoms with E-state index in [-0.39, 0.29) is 0 Å². The first-order chi connectivity index (χ1) is 12.8. The summed E-state index contributed by atoms with van der Waals surface area (Å²) in [6, 6.07) is 6.31. The van der Waals surface area contributed by atoms with Gasteiger partial charge in [0, 0.05) is 31.9 Å². The van der Waals surface area contributed by atoms with E-state index in [0.717, 1.165) is 74.6 Å². The molecular formula is C18H24BrN5O2. The maximum atomic E-state index is 5.64. The van der Waals surface area contributed by atoms with Crippen molar-refractivity contribution in [2.75, 3.05) is 49.6 Å². The van der Waals surface area contributed by atoms with E-state index in [4.69, 9.17) is 14.1 Å². The minimum Gasteiger partial charge on any atom is -0.453 e. The lowest BCUT2D eigenvalue weighted by molar-refractivity contribution is 0.122. The Balaban J connectivity index is 1.35. The van der Waals surface area contributed by atoms with Crippen molar-refractivity contribution in [1.82, 2.24) is 14.9 Å². The quantitative estimate of drug-likeness (QED) is 0.795. The first-order valence-electron chi connectivity index (χ1n) is 9.15. The molecule has 2 aromatic heterocycles. The lowest BCUT2D eigenvalue weighted by atomic mass is 10.1. The summed E-state index contributed by atoms with van der Waals surface area (Å²) in [6.07, 6.45) is 4.15. The normalized spacial score (nSPS) is 21.7. The van der Waals surface area contributed by atoms with Gasteiger partial charge in [0.15, 0.2) is 4.67 Å². The number of ether oxygens (including phenoxy) is 1. The van der Waals surface area contributed by atoms with E-state index in [1.54, 1.807) is 0 Å². The monoisotopic (exact) mass is 421 g/mol. The van der Waals surface area contributed by atoms with Gasteiger partial charge < -0.3 is 19.4 Å². The van der Waals surface area contributed by atoms with Crippen molar-refractivity contribution >= 4 is 27.7 Å². The number of furan rings is 1. The van der Waals surface area contributed by atoms with Crippen LogP contribution in [0.25, 0.3) is 0 Å². The number of nitrogens with one attached hydrogen (secondary N) is 1. The lowest BCUT2D eigenvalue weighted by Crippen LogP contribution is -2.42. The SMILES string of the molecule is Brc1ccc(CN2CCCC(Nc3ccnc(N4CCOCC4)n3)C2)o1. The Morgan fingerprint density at radius 1 is 1.19 bits per heavy atom. The summed E-state index contributed by atoms with van der Waals surface area (Å²) in [5.74, 6) is 2.68. The average molecular weight is 422 g/mol. The summed E-state index contributed by atoms with van der Waals surface area (Å²) in [5.41, 5.74) is 0. The maximum Gasteiger partial charge on any atom is 0.227 e. The minimum absolute atomic E-state index is 0.384. The van der Waals surface area contributed by atoms with Gasteiger partial charge in [-0.25, -0.2) is 4.98 Å².